The van der Waals surface area contributed by atoms with Gasteiger partial charge in [-0.2, -0.15) is 0 Å². The van der Waals surface area contributed by atoms with Gasteiger partial charge < -0.3 is 9.64 Å². The Morgan fingerprint density at radius 3 is 2.60 bits per heavy atom. The van der Waals surface area contributed by atoms with Crippen LogP contribution in [0.25, 0.3) is 0 Å². The van der Waals surface area contributed by atoms with Crippen molar-refractivity contribution in [2.45, 2.75) is 19.3 Å². The highest BCUT2D eigenvalue weighted by Crippen LogP contribution is 2.45. The zero-order valence-electron chi connectivity index (χ0n) is 12.5. The minimum atomic E-state index is -3.06. The molecule has 3 aliphatic rings. The number of hydrogen-bond acceptors (Lipinski definition) is 4. The van der Waals surface area contributed by atoms with Crippen molar-refractivity contribution in [1.82, 2.24) is 9.21 Å². The molecule has 1 saturated carbocycles. The number of ether oxygens (including phenoxy) is 1. The highest BCUT2D eigenvalue weighted by Gasteiger charge is 2.52. The molecule has 0 bridgehead atoms. The van der Waals surface area contributed by atoms with Crippen molar-refractivity contribution in [2.75, 3.05) is 52.7 Å². The van der Waals surface area contributed by atoms with E-state index in [0.717, 1.165) is 32.0 Å². The molecule has 2 heterocycles. The standard InChI is InChI=1S/C14H26N2O3S/c1-19-9-13-8-15(7-12-3-4-12)10-14(13)5-6-16(11-14)20(2,17)18/h12-13H,3-11H2,1-2H3/t13-,14+/m0/s1. The van der Waals surface area contributed by atoms with Gasteiger partial charge in [-0.3, -0.25) is 0 Å². The van der Waals surface area contributed by atoms with Crippen molar-refractivity contribution in [3.8, 4) is 0 Å². The fraction of sp³-hybridized carbons (Fsp3) is 1.00. The predicted octanol–water partition coefficient (Wildman–Crippen LogP) is 0.626. The molecule has 2 saturated heterocycles. The summed E-state index contributed by atoms with van der Waals surface area (Å²) < 4.78 is 30.6. The lowest BCUT2D eigenvalue weighted by Gasteiger charge is -2.29. The van der Waals surface area contributed by atoms with Crippen molar-refractivity contribution >= 4 is 10.0 Å². The smallest absolute Gasteiger partial charge is 0.211 e. The molecule has 3 fully saturated rings. The summed E-state index contributed by atoms with van der Waals surface area (Å²) >= 11 is 0. The summed E-state index contributed by atoms with van der Waals surface area (Å²) in [6.45, 7) is 5.42. The van der Waals surface area contributed by atoms with Crippen LogP contribution in [0.4, 0.5) is 0 Å². The fourth-order valence-corrected chi connectivity index (χ4v) is 4.90. The number of likely N-dealkylation sites (tertiary alicyclic amines) is 1. The van der Waals surface area contributed by atoms with E-state index in [0.29, 0.717) is 19.0 Å². The van der Waals surface area contributed by atoms with Gasteiger partial charge in [-0.05, 0) is 25.2 Å². The first-order valence-corrected chi connectivity index (χ1v) is 9.44. The van der Waals surface area contributed by atoms with E-state index in [1.165, 1.54) is 25.6 Å². The van der Waals surface area contributed by atoms with E-state index in [4.69, 9.17) is 4.74 Å². The van der Waals surface area contributed by atoms with Crippen LogP contribution in [-0.2, 0) is 14.8 Å². The molecule has 0 N–H and O–H groups in total. The number of hydrogen-bond donors (Lipinski definition) is 0. The van der Waals surface area contributed by atoms with Gasteiger partial charge in [-0.15, -0.1) is 0 Å². The normalized spacial score (nSPS) is 36.2. The molecule has 5 nitrogen and oxygen atoms in total. The van der Waals surface area contributed by atoms with Crippen LogP contribution in [-0.4, -0.2) is 70.3 Å². The Kier molecular flexibility index (Phi) is 3.86. The summed E-state index contributed by atoms with van der Waals surface area (Å²) in [5, 5.41) is 0. The summed E-state index contributed by atoms with van der Waals surface area (Å²) in [5.74, 6) is 1.36. The quantitative estimate of drug-likeness (QED) is 0.747. The average Bonchev–Trinajstić information content (AvgIpc) is 2.95. The van der Waals surface area contributed by atoms with Gasteiger partial charge in [0.15, 0.2) is 0 Å². The number of sulfonamides is 1. The van der Waals surface area contributed by atoms with Crippen LogP contribution < -0.4 is 0 Å². The lowest BCUT2D eigenvalue weighted by molar-refractivity contribution is 0.101. The van der Waals surface area contributed by atoms with E-state index in [1.54, 1.807) is 11.4 Å². The third-order valence-electron chi connectivity index (χ3n) is 5.28. The second-order valence-corrected chi connectivity index (χ2v) is 8.98. The van der Waals surface area contributed by atoms with Gasteiger partial charge in [0, 0.05) is 51.2 Å². The van der Waals surface area contributed by atoms with Crippen LogP contribution in [0.2, 0.25) is 0 Å². The van der Waals surface area contributed by atoms with E-state index in [9.17, 15) is 8.42 Å². The molecule has 0 aromatic rings. The van der Waals surface area contributed by atoms with Crippen molar-refractivity contribution in [3.05, 3.63) is 0 Å². The molecule has 6 heteroatoms. The molecule has 0 amide bonds. The van der Waals surface area contributed by atoms with Crippen molar-refractivity contribution in [3.63, 3.8) is 0 Å². The minimum Gasteiger partial charge on any atom is -0.384 e. The van der Waals surface area contributed by atoms with Crippen LogP contribution in [0.15, 0.2) is 0 Å². The van der Waals surface area contributed by atoms with Gasteiger partial charge in [-0.1, -0.05) is 0 Å². The van der Waals surface area contributed by atoms with E-state index in [-0.39, 0.29) is 5.41 Å². The van der Waals surface area contributed by atoms with Crippen molar-refractivity contribution < 1.29 is 13.2 Å². The Balaban J connectivity index is 1.72. The molecule has 3 rings (SSSR count). The summed E-state index contributed by atoms with van der Waals surface area (Å²) in [6, 6.07) is 0. The van der Waals surface area contributed by atoms with Crippen molar-refractivity contribution in [1.29, 1.82) is 0 Å². The first kappa shape index (κ1) is 14.8. The lowest BCUT2D eigenvalue weighted by Crippen LogP contribution is -2.37. The molecule has 0 aromatic carbocycles. The molecule has 116 valence electrons. The third kappa shape index (κ3) is 2.89. The molecular formula is C14H26N2O3S. The molecule has 1 spiro atoms. The molecular weight excluding hydrogens is 276 g/mol. The van der Waals surface area contributed by atoms with E-state index in [2.05, 4.69) is 4.90 Å². The first-order chi connectivity index (χ1) is 9.43. The maximum atomic E-state index is 11.8. The van der Waals surface area contributed by atoms with Crippen LogP contribution in [0, 0.1) is 17.3 Å². The van der Waals surface area contributed by atoms with Crippen molar-refractivity contribution in [2.24, 2.45) is 17.3 Å². The van der Waals surface area contributed by atoms with Gasteiger partial charge in [-0.25, -0.2) is 12.7 Å². The zero-order chi connectivity index (χ0) is 14.4. The maximum absolute atomic E-state index is 11.8. The topological polar surface area (TPSA) is 49.9 Å². The molecule has 0 radical (unpaired) electrons. The number of nitrogens with zero attached hydrogens (tertiary/aromatic N) is 2. The summed E-state index contributed by atoms with van der Waals surface area (Å²) in [4.78, 5) is 2.55. The third-order valence-corrected chi connectivity index (χ3v) is 6.53. The predicted molar refractivity (Wildman–Crippen MR) is 78.0 cm³/mol. The Bertz CT molecular complexity index is 463. The highest BCUT2D eigenvalue weighted by atomic mass is 32.2. The van der Waals surface area contributed by atoms with Gasteiger partial charge >= 0.3 is 0 Å². The lowest BCUT2D eigenvalue weighted by atomic mass is 9.78. The fourth-order valence-electron chi connectivity index (χ4n) is 3.98. The summed E-state index contributed by atoms with van der Waals surface area (Å²) in [7, 11) is -1.31. The van der Waals surface area contributed by atoms with E-state index >= 15 is 0 Å². The molecule has 2 aliphatic heterocycles. The Morgan fingerprint density at radius 1 is 1.30 bits per heavy atom. The van der Waals surface area contributed by atoms with Crippen LogP contribution in [0.3, 0.4) is 0 Å². The van der Waals surface area contributed by atoms with Crippen LogP contribution >= 0.6 is 0 Å². The second kappa shape index (κ2) is 5.23. The zero-order valence-corrected chi connectivity index (χ0v) is 13.4. The second-order valence-electron chi connectivity index (χ2n) is 7.00. The average molecular weight is 302 g/mol. The monoisotopic (exact) mass is 302 g/mol. The molecule has 0 aromatic heterocycles. The Labute approximate surface area is 122 Å². The Hall–Kier alpha value is -0.170. The first-order valence-electron chi connectivity index (χ1n) is 7.59. The van der Waals surface area contributed by atoms with Crippen LogP contribution in [0.1, 0.15) is 19.3 Å². The van der Waals surface area contributed by atoms with Gasteiger partial charge in [0.05, 0.1) is 12.9 Å². The molecule has 1 aliphatic carbocycles. The largest absolute Gasteiger partial charge is 0.384 e. The SMILES string of the molecule is COC[C@@H]1CN(CC2CC2)C[C@@]12CCN(S(C)(=O)=O)C2. The molecule has 2 atom stereocenters. The number of rotatable bonds is 5. The summed E-state index contributed by atoms with van der Waals surface area (Å²) in [6.07, 6.45) is 5.05. The van der Waals surface area contributed by atoms with Gasteiger partial charge in [0.2, 0.25) is 10.0 Å². The minimum absolute atomic E-state index is 0.119. The van der Waals surface area contributed by atoms with Gasteiger partial charge in [0.1, 0.15) is 0 Å². The van der Waals surface area contributed by atoms with Gasteiger partial charge in [0.25, 0.3) is 0 Å². The maximum Gasteiger partial charge on any atom is 0.211 e. The Morgan fingerprint density at radius 2 is 2.05 bits per heavy atom. The highest BCUT2D eigenvalue weighted by molar-refractivity contribution is 7.88. The van der Waals surface area contributed by atoms with E-state index in [1.807, 2.05) is 0 Å². The summed E-state index contributed by atoms with van der Waals surface area (Å²) in [5.41, 5.74) is 0.119. The molecule has 20 heavy (non-hydrogen) atoms. The van der Waals surface area contributed by atoms with Crippen LogP contribution in [0.5, 0.6) is 0 Å². The van der Waals surface area contributed by atoms with E-state index < -0.39 is 10.0 Å². The molecule has 0 unspecified atom stereocenters. The number of methoxy groups -OCH3 is 1.